The number of hydrogen-bond donors (Lipinski definition) is 3. The van der Waals surface area contributed by atoms with Gasteiger partial charge in [-0.05, 0) is 24.5 Å². The minimum absolute atomic E-state index is 0. The summed E-state index contributed by atoms with van der Waals surface area (Å²) < 4.78 is 1.89. The van der Waals surface area contributed by atoms with Crippen molar-refractivity contribution >= 4 is 35.8 Å². The van der Waals surface area contributed by atoms with Gasteiger partial charge >= 0.3 is 0 Å². The van der Waals surface area contributed by atoms with Crippen LogP contribution in [0.15, 0.2) is 53.8 Å². The standard InChI is InChI=1S/C18H26N6O.HI/c1-19-18(21-10-5-13-24-14-6-11-23-24)22-15-17(25)20-12-9-16-7-3-2-4-8-16;/h2-4,6-8,11,14H,5,9-10,12-13,15H2,1H3,(H,20,25)(H2,19,21,22);1H. The fourth-order valence-corrected chi connectivity index (χ4v) is 2.32. The summed E-state index contributed by atoms with van der Waals surface area (Å²) in [5.41, 5.74) is 1.21. The monoisotopic (exact) mass is 470 g/mol. The Morgan fingerprint density at radius 1 is 1.12 bits per heavy atom. The van der Waals surface area contributed by atoms with Crippen molar-refractivity contribution in [2.75, 3.05) is 26.7 Å². The van der Waals surface area contributed by atoms with E-state index in [2.05, 4.69) is 38.2 Å². The topological polar surface area (TPSA) is 83.3 Å². The van der Waals surface area contributed by atoms with Crippen LogP contribution in [0.5, 0.6) is 0 Å². The summed E-state index contributed by atoms with van der Waals surface area (Å²) in [6.45, 7) is 2.43. The zero-order valence-corrected chi connectivity index (χ0v) is 17.3. The maximum Gasteiger partial charge on any atom is 0.239 e. The van der Waals surface area contributed by atoms with E-state index in [1.165, 1.54) is 5.56 Å². The molecule has 0 aliphatic rings. The molecule has 1 heterocycles. The second-order valence-electron chi connectivity index (χ2n) is 5.56. The van der Waals surface area contributed by atoms with Crippen LogP contribution in [-0.2, 0) is 17.8 Å². The van der Waals surface area contributed by atoms with E-state index in [9.17, 15) is 4.79 Å². The number of guanidine groups is 1. The van der Waals surface area contributed by atoms with Crippen LogP contribution in [-0.4, -0.2) is 48.3 Å². The molecule has 0 bridgehead atoms. The Hall–Kier alpha value is -2.10. The molecule has 0 saturated heterocycles. The van der Waals surface area contributed by atoms with Crippen LogP contribution in [0.4, 0.5) is 0 Å². The Kier molecular flexibility index (Phi) is 11.1. The van der Waals surface area contributed by atoms with E-state index < -0.39 is 0 Å². The maximum atomic E-state index is 11.9. The van der Waals surface area contributed by atoms with Crippen molar-refractivity contribution in [3.8, 4) is 0 Å². The molecular weight excluding hydrogens is 443 g/mol. The number of amides is 1. The second kappa shape index (κ2) is 13.2. The summed E-state index contributed by atoms with van der Waals surface area (Å²) in [4.78, 5) is 16.0. The van der Waals surface area contributed by atoms with Gasteiger partial charge in [-0.15, -0.1) is 24.0 Å². The lowest BCUT2D eigenvalue weighted by atomic mass is 10.1. The predicted molar refractivity (Wildman–Crippen MR) is 115 cm³/mol. The van der Waals surface area contributed by atoms with Gasteiger partial charge in [-0.2, -0.15) is 5.10 Å². The molecule has 0 aliphatic carbocycles. The SMILES string of the molecule is CN=C(NCCCn1cccn1)NCC(=O)NCCc1ccccc1.I. The van der Waals surface area contributed by atoms with E-state index in [1.54, 1.807) is 13.2 Å². The highest BCUT2D eigenvalue weighted by atomic mass is 127. The third-order valence-corrected chi connectivity index (χ3v) is 3.63. The first-order chi connectivity index (χ1) is 12.3. The Bertz CT molecular complexity index is 645. The van der Waals surface area contributed by atoms with E-state index in [0.717, 1.165) is 25.9 Å². The van der Waals surface area contributed by atoms with Crippen molar-refractivity contribution in [3.05, 3.63) is 54.4 Å². The first-order valence-corrected chi connectivity index (χ1v) is 8.50. The van der Waals surface area contributed by atoms with Crippen LogP contribution < -0.4 is 16.0 Å². The average molecular weight is 470 g/mol. The largest absolute Gasteiger partial charge is 0.356 e. The van der Waals surface area contributed by atoms with Crippen LogP contribution >= 0.6 is 24.0 Å². The summed E-state index contributed by atoms with van der Waals surface area (Å²) in [6, 6.07) is 12.0. The molecule has 2 rings (SSSR count). The second-order valence-corrected chi connectivity index (χ2v) is 5.56. The highest BCUT2D eigenvalue weighted by Crippen LogP contribution is 1.97. The molecule has 26 heavy (non-hydrogen) atoms. The molecule has 1 aromatic heterocycles. The van der Waals surface area contributed by atoms with Gasteiger partial charge in [0, 0.05) is 39.1 Å². The molecule has 0 radical (unpaired) electrons. The fraction of sp³-hybridized carbons (Fsp3) is 0.389. The number of aryl methyl sites for hydroxylation is 1. The Balaban J connectivity index is 0.00000338. The number of aromatic nitrogens is 2. The quantitative estimate of drug-likeness (QED) is 0.224. The van der Waals surface area contributed by atoms with Gasteiger partial charge in [-0.3, -0.25) is 14.5 Å². The summed E-state index contributed by atoms with van der Waals surface area (Å²) in [5, 5.41) is 13.3. The number of carbonyl (C=O) groups excluding carboxylic acids is 1. The lowest BCUT2D eigenvalue weighted by Gasteiger charge is -2.12. The fourth-order valence-electron chi connectivity index (χ4n) is 2.32. The number of nitrogens with one attached hydrogen (secondary N) is 3. The molecule has 0 aliphatic heterocycles. The predicted octanol–water partition coefficient (Wildman–Crippen LogP) is 1.42. The molecule has 0 atom stereocenters. The Morgan fingerprint density at radius 3 is 2.62 bits per heavy atom. The van der Waals surface area contributed by atoms with Crippen molar-refractivity contribution in [3.63, 3.8) is 0 Å². The number of nitrogens with zero attached hydrogens (tertiary/aromatic N) is 3. The first-order valence-electron chi connectivity index (χ1n) is 8.50. The smallest absolute Gasteiger partial charge is 0.239 e. The lowest BCUT2D eigenvalue weighted by molar-refractivity contribution is -0.119. The number of aliphatic imine (C=N–C) groups is 1. The van der Waals surface area contributed by atoms with E-state index >= 15 is 0 Å². The van der Waals surface area contributed by atoms with Gasteiger partial charge in [-0.25, -0.2) is 0 Å². The molecule has 142 valence electrons. The van der Waals surface area contributed by atoms with E-state index in [1.807, 2.05) is 35.1 Å². The van der Waals surface area contributed by atoms with E-state index in [0.29, 0.717) is 12.5 Å². The number of benzene rings is 1. The average Bonchev–Trinajstić information content (AvgIpc) is 3.15. The number of rotatable bonds is 9. The molecule has 7 nitrogen and oxygen atoms in total. The van der Waals surface area contributed by atoms with Crippen LogP contribution in [0, 0.1) is 0 Å². The molecule has 0 spiro atoms. The number of hydrogen-bond acceptors (Lipinski definition) is 3. The molecule has 0 saturated carbocycles. The highest BCUT2D eigenvalue weighted by Gasteiger charge is 2.03. The van der Waals surface area contributed by atoms with E-state index in [4.69, 9.17) is 0 Å². The summed E-state index contributed by atoms with van der Waals surface area (Å²) in [5.74, 6) is 0.578. The molecule has 1 aromatic carbocycles. The molecule has 1 amide bonds. The minimum Gasteiger partial charge on any atom is -0.356 e. The van der Waals surface area contributed by atoms with Crippen molar-refractivity contribution < 1.29 is 4.79 Å². The van der Waals surface area contributed by atoms with Gasteiger partial charge < -0.3 is 16.0 Å². The third-order valence-electron chi connectivity index (χ3n) is 3.63. The van der Waals surface area contributed by atoms with Gasteiger partial charge in [0.15, 0.2) is 5.96 Å². The van der Waals surface area contributed by atoms with Crippen molar-refractivity contribution in [2.45, 2.75) is 19.4 Å². The molecular formula is C18H27IN6O. The molecule has 0 unspecified atom stereocenters. The normalized spacial score (nSPS) is 10.7. The number of halogens is 1. The Morgan fingerprint density at radius 2 is 1.92 bits per heavy atom. The number of carbonyl (C=O) groups is 1. The maximum absolute atomic E-state index is 11.9. The van der Waals surface area contributed by atoms with Crippen molar-refractivity contribution in [1.82, 2.24) is 25.7 Å². The molecule has 2 aromatic rings. The Labute approximate surface area is 171 Å². The highest BCUT2D eigenvalue weighted by molar-refractivity contribution is 14.0. The summed E-state index contributed by atoms with van der Waals surface area (Å²) in [6.07, 6.45) is 5.45. The van der Waals surface area contributed by atoms with Gasteiger partial charge in [0.2, 0.25) is 5.91 Å². The summed E-state index contributed by atoms with van der Waals surface area (Å²) in [7, 11) is 1.69. The van der Waals surface area contributed by atoms with Gasteiger partial charge in [0.25, 0.3) is 0 Å². The van der Waals surface area contributed by atoms with Gasteiger partial charge in [0.05, 0.1) is 6.54 Å². The van der Waals surface area contributed by atoms with Crippen LogP contribution in [0.2, 0.25) is 0 Å². The van der Waals surface area contributed by atoms with Crippen molar-refractivity contribution in [2.24, 2.45) is 4.99 Å². The zero-order chi connectivity index (χ0) is 17.7. The van der Waals surface area contributed by atoms with Gasteiger partial charge in [0.1, 0.15) is 0 Å². The first kappa shape index (κ1) is 21.9. The summed E-state index contributed by atoms with van der Waals surface area (Å²) >= 11 is 0. The van der Waals surface area contributed by atoms with Crippen LogP contribution in [0.3, 0.4) is 0 Å². The third kappa shape index (κ3) is 8.84. The van der Waals surface area contributed by atoms with Crippen LogP contribution in [0.1, 0.15) is 12.0 Å². The van der Waals surface area contributed by atoms with Crippen LogP contribution in [0.25, 0.3) is 0 Å². The van der Waals surface area contributed by atoms with E-state index in [-0.39, 0.29) is 36.4 Å². The van der Waals surface area contributed by atoms with Gasteiger partial charge in [-0.1, -0.05) is 30.3 Å². The zero-order valence-electron chi connectivity index (χ0n) is 15.0. The molecule has 3 N–H and O–H groups in total. The molecule has 0 fully saturated rings. The lowest BCUT2D eigenvalue weighted by Crippen LogP contribution is -2.43. The molecule has 8 heteroatoms. The van der Waals surface area contributed by atoms with Crippen molar-refractivity contribution in [1.29, 1.82) is 0 Å². The minimum atomic E-state index is -0.0459.